The number of benzene rings is 1. The van der Waals surface area contributed by atoms with E-state index in [4.69, 9.17) is 16.2 Å². The molecule has 0 aliphatic rings. The zero-order valence-corrected chi connectivity index (χ0v) is 16.7. The molecule has 0 radical (unpaired) electrons. The minimum absolute atomic E-state index is 0.0600. The molecule has 1 aromatic carbocycles. The summed E-state index contributed by atoms with van der Waals surface area (Å²) in [5, 5.41) is 7.14. The Morgan fingerprint density at radius 1 is 1.19 bits per heavy atom. The van der Waals surface area contributed by atoms with Crippen molar-refractivity contribution >= 4 is 28.7 Å². The second-order valence-corrected chi connectivity index (χ2v) is 6.41. The molecule has 0 spiro atoms. The van der Waals surface area contributed by atoms with Crippen molar-refractivity contribution in [3.63, 3.8) is 0 Å². The highest BCUT2D eigenvalue weighted by molar-refractivity contribution is 5.96. The Morgan fingerprint density at radius 2 is 1.97 bits per heavy atom. The summed E-state index contributed by atoms with van der Waals surface area (Å²) in [4.78, 5) is 40.9. The molecule has 0 aliphatic heterocycles. The lowest BCUT2D eigenvalue weighted by Gasteiger charge is -2.06. The maximum absolute atomic E-state index is 11.4. The number of carbonyl (C=O) groups excluding carboxylic acids is 1. The van der Waals surface area contributed by atoms with Gasteiger partial charge in [-0.1, -0.05) is 35.5 Å². The quantitative estimate of drug-likeness (QED) is 0.329. The molecule has 4 heterocycles. The number of anilines is 1. The van der Waals surface area contributed by atoms with E-state index in [-0.39, 0.29) is 17.3 Å². The number of nitrogen functional groups attached to an aromatic ring is 1. The van der Waals surface area contributed by atoms with E-state index < -0.39 is 11.6 Å². The first-order valence-electron chi connectivity index (χ1n) is 9.14. The van der Waals surface area contributed by atoms with Crippen LogP contribution in [-0.4, -0.2) is 50.2 Å². The van der Waals surface area contributed by atoms with Crippen molar-refractivity contribution in [3.8, 4) is 5.88 Å². The molecule has 14 heteroatoms. The number of primary amides is 1. The van der Waals surface area contributed by atoms with E-state index in [1.54, 1.807) is 0 Å². The van der Waals surface area contributed by atoms with E-state index in [1.807, 2.05) is 30.3 Å². The predicted molar refractivity (Wildman–Crippen MR) is 111 cm³/mol. The van der Waals surface area contributed by atoms with Crippen LogP contribution in [0.1, 0.15) is 16.1 Å². The average Bonchev–Trinajstić information content (AvgIpc) is 3.43. The van der Waals surface area contributed by atoms with Crippen molar-refractivity contribution in [3.05, 3.63) is 64.7 Å². The number of aryl methyl sites for hydroxylation is 1. The molecule has 14 nitrogen and oxygen atoms in total. The molecule has 5 aromatic rings. The number of hydrogen-bond donors (Lipinski definition) is 3. The molecule has 0 saturated carbocycles. The second kappa shape index (κ2) is 8.47. The summed E-state index contributed by atoms with van der Waals surface area (Å²) in [5.41, 5.74) is 12.4. The molecule has 4 aromatic heterocycles. The molecule has 0 saturated heterocycles. The summed E-state index contributed by atoms with van der Waals surface area (Å²) >= 11 is 0. The van der Waals surface area contributed by atoms with E-state index in [1.165, 1.54) is 19.7 Å². The summed E-state index contributed by atoms with van der Waals surface area (Å²) < 4.78 is 7.77. The third-order valence-electron chi connectivity index (χ3n) is 4.22. The van der Waals surface area contributed by atoms with E-state index in [2.05, 4.69) is 35.2 Å². The van der Waals surface area contributed by atoms with Crippen molar-refractivity contribution < 1.29 is 9.53 Å². The molecule has 5 N–H and O–H groups in total. The molecular formula is C18H17N11O3. The van der Waals surface area contributed by atoms with Crippen molar-refractivity contribution in [2.45, 2.75) is 6.61 Å². The summed E-state index contributed by atoms with van der Waals surface area (Å²) in [6.07, 6.45) is 2.72. The van der Waals surface area contributed by atoms with Gasteiger partial charge < -0.3 is 21.2 Å². The molecule has 0 unspecified atom stereocenters. The number of carbonyl (C=O) groups is 1. The van der Waals surface area contributed by atoms with Gasteiger partial charge in [-0.05, 0) is 5.56 Å². The zero-order valence-electron chi connectivity index (χ0n) is 16.7. The number of aromatic amines is 1. The van der Waals surface area contributed by atoms with Crippen LogP contribution >= 0.6 is 0 Å². The number of nitrogens with one attached hydrogen (secondary N) is 1. The van der Waals surface area contributed by atoms with E-state index in [9.17, 15) is 9.59 Å². The summed E-state index contributed by atoms with van der Waals surface area (Å²) in [7, 11) is 1.44. The normalized spacial score (nSPS) is 10.7. The van der Waals surface area contributed by atoms with Crippen molar-refractivity contribution in [2.24, 2.45) is 12.8 Å². The van der Waals surface area contributed by atoms with Gasteiger partial charge in [0.2, 0.25) is 11.8 Å². The maximum Gasteiger partial charge on any atom is 0.352 e. The van der Waals surface area contributed by atoms with Gasteiger partial charge >= 0.3 is 5.69 Å². The number of aromatic nitrogens is 9. The topological polar surface area (TPSA) is 198 Å². The number of nitrogens with zero attached hydrogens (tertiary/aromatic N) is 8. The highest BCUT2D eigenvalue weighted by atomic mass is 16.5. The Kier molecular flexibility index (Phi) is 5.40. The van der Waals surface area contributed by atoms with Gasteiger partial charge in [-0.25, -0.2) is 19.2 Å². The smallest absolute Gasteiger partial charge is 0.352 e. The molecule has 0 bridgehead atoms. The van der Waals surface area contributed by atoms with Crippen LogP contribution in [0, 0.1) is 0 Å². The fourth-order valence-electron chi connectivity index (χ4n) is 2.71. The van der Waals surface area contributed by atoms with Crippen LogP contribution in [-0.2, 0) is 13.7 Å². The number of ether oxygens (including phenoxy) is 1. The van der Waals surface area contributed by atoms with Crippen molar-refractivity contribution in [1.82, 2.24) is 44.3 Å². The molecule has 162 valence electrons. The highest BCUT2D eigenvalue weighted by Gasteiger charge is 2.13. The lowest BCUT2D eigenvalue weighted by molar-refractivity contribution is 0.0997. The minimum Gasteiger partial charge on any atom is -0.471 e. The van der Waals surface area contributed by atoms with Gasteiger partial charge in [0.15, 0.2) is 17.0 Å². The molecule has 0 aliphatic carbocycles. The molecule has 0 atom stereocenters. The predicted octanol–water partition coefficient (Wildman–Crippen LogP) is -0.564. The Balaban J connectivity index is 0.000000158. The Morgan fingerprint density at radius 3 is 2.72 bits per heavy atom. The maximum atomic E-state index is 11.4. The average molecular weight is 435 g/mol. The fraction of sp³-hybridized carbons (Fsp3) is 0.111. The number of amides is 1. The third kappa shape index (κ3) is 4.04. The van der Waals surface area contributed by atoms with Crippen LogP contribution in [0.25, 0.3) is 16.8 Å². The van der Waals surface area contributed by atoms with E-state index >= 15 is 0 Å². The first-order chi connectivity index (χ1) is 15.4. The van der Waals surface area contributed by atoms with Gasteiger partial charge in [0.25, 0.3) is 5.91 Å². The number of H-pyrrole nitrogens is 1. The van der Waals surface area contributed by atoms with Crippen molar-refractivity contribution in [2.75, 3.05) is 5.73 Å². The SMILES string of the molecule is Cn1nnc2c(C(N)=O)ncn2c1=O.Nc1nc(OCc2ccccc2)c2[nH]cnc2n1. The Labute approximate surface area is 178 Å². The van der Waals surface area contributed by atoms with Gasteiger partial charge in [-0.15, -0.1) is 5.10 Å². The van der Waals surface area contributed by atoms with E-state index in [0.29, 0.717) is 23.7 Å². The first kappa shape index (κ1) is 20.4. The lowest BCUT2D eigenvalue weighted by Crippen LogP contribution is -2.27. The van der Waals surface area contributed by atoms with E-state index in [0.717, 1.165) is 14.6 Å². The van der Waals surface area contributed by atoms with Crippen LogP contribution in [0.5, 0.6) is 5.88 Å². The Hall–Kier alpha value is -4.88. The minimum atomic E-state index is -0.741. The van der Waals surface area contributed by atoms with Crippen LogP contribution < -0.4 is 21.9 Å². The first-order valence-corrected chi connectivity index (χ1v) is 9.14. The van der Waals surface area contributed by atoms with Gasteiger partial charge in [0.1, 0.15) is 18.5 Å². The highest BCUT2D eigenvalue weighted by Crippen LogP contribution is 2.20. The van der Waals surface area contributed by atoms with Crippen LogP contribution in [0.2, 0.25) is 0 Å². The van der Waals surface area contributed by atoms with Gasteiger partial charge in [0, 0.05) is 7.05 Å². The summed E-state index contributed by atoms with van der Waals surface area (Å²) in [5.74, 6) is -0.174. The zero-order chi connectivity index (χ0) is 22.7. The lowest BCUT2D eigenvalue weighted by atomic mass is 10.2. The second-order valence-electron chi connectivity index (χ2n) is 6.41. The van der Waals surface area contributed by atoms with Gasteiger partial charge in [-0.3, -0.25) is 4.79 Å². The number of imidazole rings is 2. The number of hydrogen-bond acceptors (Lipinski definition) is 10. The third-order valence-corrected chi connectivity index (χ3v) is 4.22. The standard InChI is InChI=1S/C12H11N5O.C6H6N6O2/c13-12-16-10-9(14-7-15-10)11(17-12)18-6-8-4-2-1-3-5-8;1-11-6(14)12-2-8-3(4(7)13)5(12)9-10-11/h1-5,7H,6H2,(H3,13,14,15,16,17);2H,1H3,(H2,7,13). The molecular weight excluding hydrogens is 418 g/mol. The summed E-state index contributed by atoms with van der Waals surface area (Å²) in [6.45, 7) is 0.422. The summed E-state index contributed by atoms with van der Waals surface area (Å²) in [6, 6.07) is 9.83. The molecule has 0 fully saturated rings. The Bertz CT molecular complexity index is 1460. The number of fused-ring (bicyclic) bond motifs is 2. The van der Waals surface area contributed by atoms with Gasteiger partial charge in [0.05, 0.1) is 6.33 Å². The molecule has 1 amide bonds. The van der Waals surface area contributed by atoms with Crippen LogP contribution in [0.3, 0.4) is 0 Å². The van der Waals surface area contributed by atoms with Crippen molar-refractivity contribution in [1.29, 1.82) is 0 Å². The molecule has 32 heavy (non-hydrogen) atoms. The molecule has 5 rings (SSSR count). The van der Waals surface area contributed by atoms with Crippen LogP contribution in [0.4, 0.5) is 5.95 Å². The number of rotatable bonds is 4. The largest absolute Gasteiger partial charge is 0.471 e. The van der Waals surface area contributed by atoms with Crippen LogP contribution in [0.15, 0.2) is 47.8 Å². The number of nitrogens with two attached hydrogens (primary N) is 2. The monoisotopic (exact) mass is 435 g/mol. The fourth-order valence-corrected chi connectivity index (χ4v) is 2.71. The van der Waals surface area contributed by atoms with Gasteiger partial charge in [-0.2, -0.15) is 14.6 Å².